The van der Waals surface area contributed by atoms with Crippen molar-refractivity contribution in [2.24, 2.45) is 0 Å². The van der Waals surface area contributed by atoms with Gasteiger partial charge in [0.05, 0.1) is 23.1 Å². The van der Waals surface area contributed by atoms with Crippen LogP contribution in [-0.2, 0) is 17.6 Å². The maximum atomic E-state index is 13.8. The van der Waals surface area contributed by atoms with Crippen molar-refractivity contribution in [3.05, 3.63) is 90.0 Å². The fraction of sp³-hybridized carbons (Fsp3) is 0.240. The van der Waals surface area contributed by atoms with E-state index in [-0.39, 0.29) is 18.1 Å². The predicted molar refractivity (Wildman–Crippen MR) is 120 cm³/mol. The van der Waals surface area contributed by atoms with Crippen LogP contribution in [0.15, 0.2) is 71.4 Å². The molecule has 2 heterocycles. The maximum absolute atomic E-state index is 13.8. The number of carbonyl (C=O) groups excluding carboxylic acids is 1. The van der Waals surface area contributed by atoms with Crippen LogP contribution < -0.4 is 5.32 Å². The van der Waals surface area contributed by atoms with E-state index in [0.717, 1.165) is 24.2 Å². The van der Waals surface area contributed by atoms with Gasteiger partial charge >= 0.3 is 0 Å². The van der Waals surface area contributed by atoms with Crippen molar-refractivity contribution in [3.8, 4) is 17.0 Å². The minimum atomic E-state index is -0.363. The molecule has 0 aliphatic rings. The highest BCUT2D eigenvalue weighted by molar-refractivity contribution is 5.76. The van der Waals surface area contributed by atoms with E-state index < -0.39 is 0 Å². The summed E-state index contributed by atoms with van der Waals surface area (Å²) in [7, 11) is 0. The minimum absolute atomic E-state index is 0.0626. The van der Waals surface area contributed by atoms with Crippen LogP contribution >= 0.6 is 0 Å². The minimum Gasteiger partial charge on any atom is -0.441 e. The number of nitrogens with zero attached hydrogens (tertiary/aromatic N) is 3. The first-order valence-corrected chi connectivity index (χ1v) is 10.7. The molecule has 0 aliphatic heterocycles. The number of amides is 1. The standard InChI is InChI=1S/C25H25FN4O2/c1-18-19(17-30(29-18)20-9-3-2-4-10-20)8-7-15-27-24(31)13-14-25-28-16-23(32-25)21-11-5-6-12-22(21)26/h2-6,9-12,16-17H,7-8,13-15H2,1H3,(H,27,31). The maximum Gasteiger partial charge on any atom is 0.220 e. The molecule has 2 aromatic carbocycles. The van der Waals surface area contributed by atoms with E-state index in [1.54, 1.807) is 18.2 Å². The van der Waals surface area contributed by atoms with Crippen LogP contribution in [-0.4, -0.2) is 27.2 Å². The van der Waals surface area contributed by atoms with Crippen LogP contribution in [0.1, 0.15) is 30.0 Å². The number of oxazole rings is 1. The van der Waals surface area contributed by atoms with Crippen molar-refractivity contribution in [1.82, 2.24) is 20.1 Å². The lowest BCUT2D eigenvalue weighted by Crippen LogP contribution is -2.25. The number of rotatable bonds is 9. The number of halogens is 1. The average Bonchev–Trinajstić information content (AvgIpc) is 3.43. The number of benzene rings is 2. The molecule has 4 rings (SSSR count). The molecule has 0 spiro atoms. The molecular weight excluding hydrogens is 407 g/mol. The van der Waals surface area contributed by atoms with Gasteiger partial charge in [-0.3, -0.25) is 4.79 Å². The Kier molecular flexibility index (Phi) is 6.75. The van der Waals surface area contributed by atoms with E-state index in [0.29, 0.717) is 30.2 Å². The summed E-state index contributed by atoms with van der Waals surface area (Å²) in [6.45, 7) is 2.58. The number of para-hydroxylation sites is 1. The lowest BCUT2D eigenvalue weighted by Gasteiger charge is -2.04. The summed E-state index contributed by atoms with van der Waals surface area (Å²) in [5.74, 6) is 0.358. The van der Waals surface area contributed by atoms with Crippen molar-refractivity contribution < 1.29 is 13.6 Å². The number of hydrogen-bond donors (Lipinski definition) is 1. The third-order valence-electron chi connectivity index (χ3n) is 5.23. The van der Waals surface area contributed by atoms with Gasteiger partial charge in [0.25, 0.3) is 0 Å². The van der Waals surface area contributed by atoms with E-state index in [1.807, 2.05) is 48.1 Å². The average molecular weight is 432 g/mol. The van der Waals surface area contributed by atoms with Crippen LogP contribution in [0.4, 0.5) is 4.39 Å². The summed E-state index contributed by atoms with van der Waals surface area (Å²) in [4.78, 5) is 16.3. The van der Waals surface area contributed by atoms with Crippen LogP contribution in [0.2, 0.25) is 0 Å². The molecule has 164 valence electrons. The monoisotopic (exact) mass is 432 g/mol. The lowest BCUT2D eigenvalue weighted by atomic mass is 10.1. The zero-order valence-corrected chi connectivity index (χ0v) is 17.9. The Morgan fingerprint density at radius 3 is 2.69 bits per heavy atom. The van der Waals surface area contributed by atoms with E-state index in [4.69, 9.17) is 4.42 Å². The van der Waals surface area contributed by atoms with E-state index in [9.17, 15) is 9.18 Å². The first kappa shape index (κ1) is 21.5. The van der Waals surface area contributed by atoms with Gasteiger partial charge in [0.15, 0.2) is 11.7 Å². The Balaban J connectivity index is 1.20. The van der Waals surface area contributed by atoms with Crippen molar-refractivity contribution in [1.29, 1.82) is 0 Å². The highest BCUT2D eigenvalue weighted by Gasteiger charge is 2.12. The Labute approximate surface area is 186 Å². The van der Waals surface area contributed by atoms with E-state index in [2.05, 4.69) is 15.4 Å². The van der Waals surface area contributed by atoms with Crippen LogP contribution in [0.5, 0.6) is 0 Å². The fourth-order valence-corrected chi connectivity index (χ4v) is 3.48. The Bertz CT molecular complexity index is 1180. The van der Waals surface area contributed by atoms with Crippen molar-refractivity contribution in [3.63, 3.8) is 0 Å². The van der Waals surface area contributed by atoms with Gasteiger partial charge in [-0.05, 0) is 49.6 Å². The molecule has 0 aliphatic carbocycles. The summed E-state index contributed by atoms with van der Waals surface area (Å²) >= 11 is 0. The molecule has 0 unspecified atom stereocenters. The smallest absolute Gasteiger partial charge is 0.220 e. The third kappa shape index (κ3) is 5.29. The van der Waals surface area contributed by atoms with Crippen LogP contribution in [0.25, 0.3) is 17.0 Å². The topological polar surface area (TPSA) is 73.0 Å². The van der Waals surface area contributed by atoms with Gasteiger partial charge in [-0.15, -0.1) is 0 Å². The van der Waals surface area contributed by atoms with Gasteiger partial charge in [-0.2, -0.15) is 5.10 Å². The summed E-state index contributed by atoms with van der Waals surface area (Å²) in [6.07, 6.45) is 5.82. The highest BCUT2D eigenvalue weighted by atomic mass is 19.1. The molecule has 0 saturated heterocycles. The molecule has 0 fully saturated rings. The molecule has 0 bridgehead atoms. The van der Waals surface area contributed by atoms with Crippen molar-refractivity contribution in [2.75, 3.05) is 6.54 Å². The van der Waals surface area contributed by atoms with E-state index >= 15 is 0 Å². The van der Waals surface area contributed by atoms with Gasteiger partial charge < -0.3 is 9.73 Å². The molecule has 4 aromatic rings. The second kappa shape index (κ2) is 10.0. The summed E-state index contributed by atoms with van der Waals surface area (Å²) < 4.78 is 21.3. The first-order chi connectivity index (χ1) is 15.6. The Morgan fingerprint density at radius 2 is 1.88 bits per heavy atom. The summed E-state index contributed by atoms with van der Waals surface area (Å²) in [5.41, 5.74) is 3.56. The SMILES string of the molecule is Cc1nn(-c2ccccc2)cc1CCCNC(=O)CCc1ncc(-c2ccccc2F)o1. The highest BCUT2D eigenvalue weighted by Crippen LogP contribution is 2.23. The molecule has 7 heteroatoms. The molecule has 0 radical (unpaired) electrons. The molecule has 0 saturated carbocycles. The Hall–Kier alpha value is -3.74. The van der Waals surface area contributed by atoms with Gasteiger partial charge in [-0.25, -0.2) is 14.1 Å². The number of aryl methyl sites for hydroxylation is 3. The van der Waals surface area contributed by atoms with Gasteiger partial charge in [0.2, 0.25) is 5.91 Å². The molecule has 1 N–H and O–H groups in total. The summed E-state index contributed by atoms with van der Waals surface area (Å²) in [6, 6.07) is 16.4. The number of hydrogen-bond acceptors (Lipinski definition) is 4. The first-order valence-electron chi connectivity index (χ1n) is 10.7. The van der Waals surface area contributed by atoms with Crippen molar-refractivity contribution in [2.45, 2.75) is 32.6 Å². The molecule has 2 aromatic heterocycles. The molecule has 1 amide bonds. The number of aromatic nitrogens is 3. The second-order valence-electron chi connectivity index (χ2n) is 7.57. The van der Waals surface area contributed by atoms with Gasteiger partial charge in [-0.1, -0.05) is 30.3 Å². The lowest BCUT2D eigenvalue weighted by molar-refractivity contribution is -0.121. The molecule has 6 nitrogen and oxygen atoms in total. The van der Waals surface area contributed by atoms with E-state index in [1.165, 1.54) is 17.8 Å². The number of carbonyl (C=O) groups is 1. The quantitative estimate of drug-likeness (QED) is 0.391. The fourth-order valence-electron chi connectivity index (χ4n) is 3.48. The van der Waals surface area contributed by atoms with Gasteiger partial charge in [0, 0.05) is 25.6 Å². The largest absolute Gasteiger partial charge is 0.441 e. The third-order valence-corrected chi connectivity index (χ3v) is 5.23. The predicted octanol–water partition coefficient (Wildman–Crippen LogP) is 4.66. The second-order valence-corrected chi connectivity index (χ2v) is 7.57. The van der Waals surface area contributed by atoms with Crippen LogP contribution in [0, 0.1) is 12.7 Å². The molecule has 32 heavy (non-hydrogen) atoms. The van der Waals surface area contributed by atoms with Crippen LogP contribution in [0.3, 0.4) is 0 Å². The molecular formula is C25H25FN4O2. The normalized spacial score (nSPS) is 10.9. The zero-order chi connectivity index (χ0) is 22.3. The van der Waals surface area contributed by atoms with Crippen molar-refractivity contribution >= 4 is 5.91 Å². The zero-order valence-electron chi connectivity index (χ0n) is 17.9. The summed E-state index contributed by atoms with van der Waals surface area (Å²) in [5, 5.41) is 7.51. The molecule has 0 atom stereocenters. The Morgan fingerprint density at radius 1 is 1.09 bits per heavy atom. The van der Waals surface area contributed by atoms with Gasteiger partial charge in [0.1, 0.15) is 5.82 Å². The number of nitrogens with one attached hydrogen (secondary N) is 1.